The zero-order valence-corrected chi connectivity index (χ0v) is 16.0. The van der Waals surface area contributed by atoms with Crippen LogP contribution in [-0.4, -0.2) is 45.5 Å². The molecule has 2 aliphatic rings. The Balaban J connectivity index is 1.50. The van der Waals surface area contributed by atoms with E-state index < -0.39 is 0 Å². The lowest BCUT2D eigenvalue weighted by Crippen LogP contribution is -2.47. The van der Waals surface area contributed by atoms with E-state index in [-0.39, 0.29) is 0 Å². The number of unbranched alkanes of at least 4 members (excludes halogenated alkanes) is 1. The normalized spacial score (nSPS) is 21.7. The van der Waals surface area contributed by atoms with E-state index in [0.717, 1.165) is 63.3 Å². The van der Waals surface area contributed by atoms with Gasteiger partial charge in [0.1, 0.15) is 0 Å². The smallest absolute Gasteiger partial charge is 0.0757 e. The SMILES string of the molecule is NCCCCN(C[C@@H]1Cc2nccnc2CN1)[C@H]1CCCc2cccnc21. The summed E-state index contributed by atoms with van der Waals surface area (Å²) in [6, 6.07) is 5.13. The molecular weight excluding hydrogens is 336 g/mol. The number of hydrogen-bond donors (Lipinski definition) is 2. The molecule has 2 atom stereocenters. The highest BCUT2D eigenvalue weighted by molar-refractivity contribution is 5.26. The van der Waals surface area contributed by atoms with E-state index >= 15 is 0 Å². The quantitative estimate of drug-likeness (QED) is 0.730. The fourth-order valence-electron chi connectivity index (χ4n) is 4.45. The van der Waals surface area contributed by atoms with Crippen molar-refractivity contribution in [2.45, 2.75) is 57.2 Å². The molecule has 6 nitrogen and oxygen atoms in total. The van der Waals surface area contributed by atoms with Gasteiger partial charge in [0.2, 0.25) is 0 Å². The van der Waals surface area contributed by atoms with E-state index in [1.54, 1.807) is 6.20 Å². The van der Waals surface area contributed by atoms with Gasteiger partial charge in [-0.3, -0.25) is 19.9 Å². The van der Waals surface area contributed by atoms with E-state index in [1.165, 1.54) is 24.1 Å². The first-order valence-electron chi connectivity index (χ1n) is 10.2. The first-order valence-corrected chi connectivity index (χ1v) is 10.2. The standard InChI is InChI=1S/C21H30N6/c22-8-1-2-12-27(20-7-3-5-16-6-4-9-25-21(16)20)15-17-13-18-19(14-26-17)24-11-10-23-18/h4,6,9-11,17,20,26H,1-3,5,7-8,12-15,22H2/t17-,20-/m0/s1. The average Bonchev–Trinajstić information content (AvgIpc) is 2.73. The molecule has 0 radical (unpaired) electrons. The van der Waals surface area contributed by atoms with Crippen molar-refractivity contribution in [1.82, 2.24) is 25.2 Å². The maximum atomic E-state index is 5.75. The minimum Gasteiger partial charge on any atom is -0.330 e. The van der Waals surface area contributed by atoms with Crippen LogP contribution in [0.2, 0.25) is 0 Å². The molecule has 1 aliphatic carbocycles. The molecule has 0 bridgehead atoms. The van der Waals surface area contributed by atoms with Crippen molar-refractivity contribution in [2.24, 2.45) is 5.73 Å². The predicted octanol–water partition coefficient (Wildman–Crippen LogP) is 2.00. The average molecular weight is 367 g/mol. The topological polar surface area (TPSA) is 80.0 Å². The van der Waals surface area contributed by atoms with Gasteiger partial charge in [-0.05, 0) is 56.8 Å². The van der Waals surface area contributed by atoms with Gasteiger partial charge in [-0.1, -0.05) is 6.07 Å². The van der Waals surface area contributed by atoms with Crippen molar-refractivity contribution in [3.8, 4) is 0 Å². The number of aryl methyl sites for hydroxylation is 1. The van der Waals surface area contributed by atoms with E-state index in [1.807, 2.05) is 12.4 Å². The van der Waals surface area contributed by atoms with Crippen molar-refractivity contribution in [3.63, 3.8) is 0 Å². The van der Waals surface area contributed by atoms with Gasteiger partial charge in [-0.15, -0.1) is 0 Å². The number of rotatable bonds is 7. The summed E-state index contributed by atoms with van der Waals surface area (Å²) >= 11 is 0. The van der Waals surface area contributed by atoms with Gasteiger partial charge in [-0.25, -0.2) is 0 Å². The molecule has 0 spiro atoms. The molecule has 0 fully saturated rings. The monoisotopic (exact) mass is 366 g/mol. The van der Waals surface area contributed by atoms with Crippen LogP contribution in [0.3, 0.4) is 0 Å². The number of pyridine rings is 1. The van der Waals surface area contributed by atoms with Gasteiger partial charge in [0.05, 0.1) is 23.1 Å². The molecule has 27 heavy (non-hydrogen) atoms. The van der Waals surface area contributed by atoms with Crippen LogP contribution in [-0.2, 0) is 19.4 Å². The Morgan fingerprint density at radius 1 is 1.11 bits per heavy atom. The Kier molecular flexibility index (Phi) is 6.07. The summed E-state index contributed by atoms with van der Waals surface area (Å²) in [6.07, 6.45) is 12.3. The van der Waals surface area contributed by atoms with Gasteiger partial charge in [0.15, 0.2) is 0 Å². The summed E-state index contributed by atoms with van der Waals surface area (Å²) in [6.45, 7) is 3.66. The Hall–Kier alpha value is -1.89. The molecule has 2 aromatic heterocycles. The maximum absolute atomic E-state index is 5.75. The molecule has 4 rings (SSSR count). The summed E-state index contributed by atoms with van der Waals surface area (Å²) in [7, 11) is 0. The second-order valence-electron chi connectivity index (χ2n) is 7.68. The van der Waals surface area contributed by atoms with Crippen molar-refractivity contribution < 1.29 is 0 Å². The largest absolute Gasteiger partial charge is 0.330 e. The molecule has 0 saturated carbocycles. The van der Waals surface area contributed by atoms with Crippen molar-refractivity contribution >= 4 is 0 Å². The van der Waals surface area contributed by atoms with Crippen molar-refractivity contribution in [1.29, 1.82) is 0 Å². The summed E-state index contributed by atoms with van der Waals surface area (Å²) in [5.74, 6) is 0. The summed E-state index contributed by atoms with van der Waals surface area (Å²) in [4.78, 5) is 16.4. The van der Waals surface area contributed by atoms with Gasteiger partial charge in [0, 0.05) is 44.1 Å². The van der Waals surface area contributed by atoms with Gasteiger partial charge < -0.3 is 11.1 Å². The second kappa shape index (κ2) is 8.87. The van der Waals surface area contributed by atoms with Crippen LogP contribution < -0.4 is 11.1 Å². The third-order valence-electron chi connectivity index (χ3n) is 5.82. The Labute approximate surface area is 161 Å². The zero-order chi connectivity index (χ0) is 18.5. The number of nitrogens with two attached hydrogens (primary N) is 1. The Morgan fingerprint density at radius 2 is 2.00 bits per heavy atom. The summed E-state index contributed by atoms with van der Waals surface area (Å²) in [5.41, 5.74) is 10.7. The van der Waals surface area contributed by atoms with Crippen LogP contribution >= 0.6 is 0 Å². The lowest BCUT2D eigenvalue weighted by atomic mass is 9.90. The molecule has 0 amide bonds. The molecule has 3 heterocycles. The number of aromatic nitrogens is 3. The fraction of sp³-hybridized carbons (Fsp3) is 0.571. The predicted molar refractivity (Wildman–Crippen MR) is 106 cm³/mol. The van der Waals surface area contributed by atoms with Gasteiger partial charge >= 0.3 is 0 Å². The van der Waals surface area contributed by atoms with E-state index in [2.05, 4.69) is 32.3 Å². The van der Waals surface area contributed by atoms with Crippen molar-refractivity contribution in [3.05, 3.63) is 53.4 Å². The van der Waals surface area contributed by atoms with Crippen LogP contribution in [0, 0.1) is 0 Å². The molecule has 1 aliphatic heterocycles. The molecule has 0 saturated heterocycles. The Morgan fingerprint density at radius 3 is 2.89 bits per heavy atom. The molecule has 0 unspecified atom stereocenters. The zero-order valence-electron chi connectivity index (χ0n) is 16.0. The highest BCUT2D eigenvalue weighted by Crippen LogP contribution is 2.33. The highest BCUT2D eigenvalue weighted by Gasteiger charge is 2.30. The summed E-state index contributed by atoms with van der Waals surface area (Å²) in [5, 5.41) is 3.67. The third kappa shape index (κ3) is 4.34. The molecular formula is C21H30N6. The third-order valence-corrected chi connectivity index (χ3v) is 5.82. The minimum atomic E-state index is 0.404. The first kappa shape index (κ1) is 18.5. The molecule has 144 valence electrons. The minimum absolute atomic E-state index is 0.404. The molecule has 3 N–H and O–H groups in total. The van der Waals surface area contributed by atoms with E-state index in [4.69, 9.17) is 10.7 Å². The van der Waals surface area contributed by atoms with Crippen LogP contribution in [0.15, 0.2) is 30.7 Å². The van der Waals surface area contributed by atoms with Crippen molar-refractivity contribution in [2.75, 3.05) is 19.6 Å². The van der Waals surface area contributed by atoms with E-state index in [0.29, 0.717) is 12.1 Å². The number of nitrogens with zero attached hydrogens (tertiary/aromatic N) is 4. The molecule has 0 aromatic carbocycles. The van der Waals surface area contributed by atoms with Gasteiger partial charge in [0.25, 0.3) is 0 Å². The highest BCUT2D eigenvalue weighted by atomic mass is 15.2. The van der Waals surface area contributed by atoms with Gasteiger partial charge in [-0.2, -0.15) is 0 Å². The number of nitrogens with one attached hydrogen (secondary N) is 1. The van der Waals surface area contributed by atoms with E-state index in [9.17, 15) is 0 Å². The molecule has 2 aromatic rings. The van der Waals surface area contributed by atoms with Crippen LogP contribution in [0.25, 0.3) is 0 Å². The van der Waals surface area contributed by atoms with Crippen LogP contribution in [0.1, 0.15) is 54.4 Å². The fourth-order valence-corrected chi connectivity index (χ4v) is 4.45. The lowest BCUT2D eigenvalue weighted by molar-refractivity contribution is 0.150. The second-order valence-corrected chi connectivity index (χ2v) is 7.68. The maximum Gasteiger partial charge on any atom is 0.0757 e. The van der Waals surface area contributed by atoms with Crippen LogP contribution in [0.5, 0.6) is 0 Å². The Bertz CT molecular complexity index is 749. The summed E-state index contributed by atoms with van der Waals surface area (Å²) < 4.78 is 0. The number of hydrogen-bond acceptors (Lipinski definition) is 6. The lowest BCUT2D eigenvalue weighted by Gasteiger charge is -2.38. The number of fused-ring (bicyclic) bond motifs is 2. The van der Waals surface area contributed by atoms with Crippen LogP contribution in [0.4, 0.5) is 0 Å². The first-order chi connectivity index (χ1) is 13.3. The molecule has 6 heteroatoms.